The molecule has 1 aromatic heterocycles. The first kappa shape index (κ1) is 21.9. The molecule has 6 nitrogen and oxygen atoms in total. The lowest BCUT2D eigenvalue weighted by Crippen LogP contribution is -2.48. The fraction of sp³-hybridized carbons (Fsp3) is 0.381. The molecule has 0 unspecified atom stereocenters. The van der Waals surface area contributed by atoms with Crippen LogP contribution < -0.4 is 5.32 Å². The zero-order chi connectivity index (χ0) is 21.7. The number of piperazine rings is 1. The summed E-state index contributed by atoms with van der Waals surface area (Å²) in [6.07, 6.45) is -3.27. The van der Waals surface area contributed by atoms with Crippen LogP contribution in [0, 0.1) is 0 Å². The van der Waals surface area contributed by atoms with Crippen LogP contribution in [0.1, 0.15) is 28.5 Å². The van der Waals surface area contributed by atoms with E-state index in [1.807, 2.05) is 4.90 Å². The lowest BCUT2D eigenvalue weighted by atomic mass is 10.1. The van der Waals surface area contributed by atoms with Crippen molar-refractivity contribution in [2.75, 3.05) is 38.0 Å². The first-order valence-corrected chi connectivity index (χ1v) is 9.58. The van der Waals surface area contributed by atoms with Crippen molar-refractivity contribution in [1.82, 2.24) is 14.8 Å². The van der Waals surface area contributed by atoms with E-state index in [9.17, 15) is 22.8 Å². The molecule has 0 bridgehead atoms. The number of carbonyl (C=O) groups excluding carboxylic acids is 2. The van der Waals surface area contributed by atoms with Crippen LogP contribution in [0.25, 0.3) is 0 Å². The third-order valence-electron chi connectivity index (χ3n) is 4.93. The summed E-state index contributed by atoms with van der Waals surface area (Å²) in [7, 11) is 0. The largest absolute Gasteiger partial charge is 0.433 e. The molecule has 1 aromatic carbocycles. The van der Waals surface area contributed by atoms with Crippen LogP contribution in [0.4, 0.5) is 18.9 Å². The molecule has 30 heavy (non-hydrogen) atoms. The molecule has 0 atom stereocenters. The summed E-state index contributed by atoms with van der Waals surface area (Å²) in [5.41, 5.74) is 0.895. The molecular formula is C21H23F3N4O2. The van der Waals surface area contributed by atoms with Crippen LogP contribution in [-0.2, 0) is 17.5 Å². The van der Waals surface area contributed by atoms with Gasteiger partial charge in [-0.05, 0) is 48.9 Å². The normalized spacial score (nSPS) is 15.7. The first-order valence-electron chi connectivity index (χ1n) is 9.58. The molecule has 3 rings (SSSR count). The van der Waals surface area contributed by atoms with Crippen molar-refractivity contribution < 1.29 is 22.8 Å². The molecule has 0 spiro atoms. The van der Waals surface area contributed by atoms with Gasteiger partial charge < -0.3 is 5.32 Å². The minimum atomic E-state index is -4.45. The highest BCUT2D eigenvalue weighted by Crippen LogP contribution is 2.28. The fourth-order valence-electron chi connectivity index (χ4n) is 3.28. The molecule has 1 amide bonds. The summed E-state index contributed by atoms with van der Waals surface area (Å²) in [5.74, 6) is -0.185. The zero-order valence-corrected chi connectivity index (χ0v) is 16.6. The van der Waals surface area contributed by atoms with Gasteiger partial charge in [0.25, 0.3) is 0 Å². The Hall–Kier alpha value is -2.78. The summed E-state index contributed by atoms with van der Waals surface area (Å²) < 4.78 is 38.4. The summed E-state index contributed by atoms with van der Waals surface area (Å²) >= 11 is 0. The molecule has 0 aliphatic carbocycles. The van der Waals surface area contributed by atoms with Gasteiger partial charge in [0.1, 0.15) is 5.69 Å². The summed E-state index contributed by atoms with van der Waals surface area (Å²) in [6.45, 7) is 4.73. The van der Waals surface area contributed by atoms with Crippen LogP contribution in [0.2, 0.25) is 0 Å². The van der Waals surface area contributed by atoms with Crippen molar-refractivity contribution in [1.29, 1.82) is 0 Å². The second-order valence-corrected chi connectivity index (χ2v) is 7.28. The third-order valence-corrected chi connectivity index (χ3v) is 4.93. The maximum Gasteiger partial charge on any atom is 0.433 e. The topological polar surface area (TPSA) is 65.5 Å². The Morgan fingerprint density at radius 2 is 1.67 bits per heavy atom. The molecule has 1 aliphatic heterocycles. The number of amides is 1. The molecule has 160 valence electrons. The number of anilines is 1. The summed E-state index contributed by atoms with van der Waals surface area (Å²) in [6, 6.07) is 9.39. The molecule has 2 heterocycles. The van der Waals surface area contributed by atoms with Crippen molar-refractivity contribution in [3.63, 3.8) is 0 Å². The molecule has 0 saturated carbocycles. The lowest BCUT2D eigenvalue weighted by molar-refractivity contribution is -0.141. The number of alkyl halides is 3. The number of benzene rings is 1. The van der Waals surface area contributed by atoms with Gasteiger partial charge in [0.05, 0.1) is 6.54 Å². The first-order chi connectivity index (χ1) is 14.2. The Labute approximate surface area is 172 Å². The van der Waals surface area contributed by atoms with Gasteiger partial charge in [0, 0.05) is 50.2 Å². The molecule has 1 saturated heterocycles. The molecule has 2 aromatic rings. The van der Waals surface area contributed by atoms with Gasteiger partial charge in [-0.15, -0.1) is 0 Å². The highest BCUT2D eigenvalue weighted by atomic mass is 19.4. The van der Waals surface area contributed by atoms with E-state index in [4.69, 9.17) is 0 Å². The Morgan fingerprint density at radius 1 is 1.03 bits per heavy atom. The lowest BCUT2D eigenvalue weighted by Gasteiger charge is -2.34. The Balaban J connectivity index is 1.45. The summed E-state index contributed by atoms with van der Waals surface area (Å²) in [5, 5.41) is 2.81. The minimum Gasteiger partial charge on any atom is -0.325 e. The predicted octanol–water partition coefficient (Wildman–Crippen LogP) is 3.06. The van der Waals surface area contributed by atoms with E-state index in [2.05, 4.69) is 15.2 Å². The number of rotatable bonds is 6. The van der Waals surface area contributed by atoms with Crippen molar-refractivity contribution in [2.45, 2.75) is 19.6 Å². The maximum absolute atomic E-state index is 12.8. The number of Topliss-reactive ketones (excluding diaryl/α,β-unsaturated/α-hetero) is 1. The number of pyridine rings is 1. The Kier molecular flexibility index (Phi) is 6.84. The third kappa shape index (κ3) is 6.11. The van der Waals surface area contributed by atoms with Gasteiger partial charge in [-0.3, -0.25) is 24.4 Å². The van der Waals surface area contributed by atoms with Crippen molar-refractivity contribution >= 4 is 17.4 Å². The van der Waals surface area contributed by atoms with Crippen molar-refractivity contribution in [2.24, 2.45) is 0 Å². The second kappa shape index (κ2) is 9.36. The number of halogens is 3. The van der Waals surface area contributed by atoms with E-state index in [-0.39, 0.29) is 18.2 Å². The summed E-state index contributed by atoms with van der Waals surface area (Å²) in [4.78, 5) is 31.0. The maximum atomic E-state index is 12.8. The fourth-order valence-corrected chi connectivity index (χ4v) is 3.28. The van der Waals surface area contributed by atoms with Crippen LogP contribution in [0.3, 0.4) is 0 Å². The number of ketones is 1. The highest BCUT2D eigenvalue weighted by Gasteiger charge is 2.32. The molecule has 9 heteroatoms. The van der Waals surface area contributed by atoms with Crippen molar-refractivity contribution in [3.8, 4) is 0 Å². The average Bonchev–Trinajstić information content (AvgIpc) is 2.69. The van der Waals surface area contributed by atoms with Crippen molar-refractivity contribution in [3.05, 3.63) is 59.4 Å². The monoisotopic (exact) mass is 420 g/mol. The zero-order valence-electron chi connectivity index (χ0n) is 16.6. The quantitative estimate of drug-likeness (QED) is 0.728. The van der Waals surface area contributed by atoms with E-state index in [0.717, 1.165) is 6.07 Å². The van der Waals surface area contributed by atoms with E-state index in [1.165, 1.54) is 13.1 Å². The standard InChI is InChI=1S/C21H23F3N4O2/c1-15(29)17-2-4-18(5-3-17)26-20(30)14-28-10-8-27(9-11-28)13-16-6-7-25-19(12-16)21(22,23)24/h2-7,12H,8-11,13-14H2,1H3,(H,26,30). The van der Waals surface area contributed by atoms with Crippen LogP contribution in [0.15, 0.2) is 42.6 Å². The highest BCUT2D eigenvalue weighted by molar-refractivity contribution is 5.96. The van der Waals surface area contributed by atoms with Crippen LogP contribution in [0.5, 0.6) is 0 Å². The second-order valence-electron chi connectivity index (χ2n) is 7.28. The van der Waals surface area contributed by atoms with Gasteiger partial charge in [0.15, 0.2) is 5.78 Å². The van der Waals surface area contributed by atoms with E-state index >= 15 is 0 Å². The number of aromatic nitrogens is 1. The minimum absolute atomic E-state index is 0.0351. The number of nitrogens with one attached hydrogen (secondary N) is 1. The van der Waals surface area contributed by atoms with Gasteiger partial charge >= 0.3 is 6.18 Å². The average molecular weight is 420 g/mol. The smallest absolute Gasteiger partial charge is 0.325 e. The van der Waals surface area contributed by atoms with Gasteiger partial charge in [-0.25, -0.2) is 0 Å². The van der Waals surface area contributed by atoms with Crippen LogP contribution in [-0.4, -0.2) is 59.2 Å². The number of nitrogens with zero attached hydrogens (tertiary/aromatic N) is 3. The molecule has 1 fully saturated rings. The molecule has 1 aliphatic rings. The molecular weight excluding hydrogens is 397 g/mol. The van der Waals surface area contributed by atoms with Gasteiger partial charge in [0.2, 0.25) is 5.91 Å². The van der Waals surface area contributed by atoms with E-state index < -0.39 is 11.9 Å². The Morgan fingerprint density at radius 3 is 2.27 bits per heavy atom. The molecule has 1 N–H and O–H groups in total. The van der Waals surface area contributed by atoms with Gasteiger partial charge in [-0.2, -0.15) is 13.2 Å². The van der Waals surface area contributed by atoms with Crippen LogP contribution >= 0.6 is 0 Å². The Bertz CT molecular complexity index is 892. The number of carbonyl (C=O) groups is 2. The molecule has 0 radical (unpaired) electrons. The van der Waals surface area contributed by atoms with E-state index in [1.54, 1.807) is 30.3 Å². The van der Waals surface area contributed by atoms with E-state index in [0.29, 0.717) is 49.5 Å². The number of hydrogen-bond acceptors (Lipinski definition) is 5. The number of hydrogen-bond donors (Lipinski definition) is 1. The van der Waals surface area contributed by atoms with Gasteiger partial charge in [-0.1, -0.05) is 0 Å². The SMILES string of the molecule is CC(=O)c1ccc(NC(=O)CN2CCN(Cc3ccnc(C(F)(F)F)c3)CC2)cc1. The predicted molar refractivity (Wildman–Crippen MR) is 106 cm³/mol.